The number of hydrogen-bond donors (Lipinski definition) is 0. The van der Waals surface area contributed by atoms with Gasteiger partial charge in [0.1, 0.15) is 0 Å². The summed E-state index contributed by atoms with van der Waals surface area (Å²) in [6, 6.07) is 0.905. The highest BCUT2D eigenvalue weighted by Gasteiger charge is 2.26. The summed E-state index contributed by atoms with van der Waals surface area (Å²) >= 11 is 0. The molecule has 1 heteroatoms. The van der Waals surface area contributed by atoms with Crippen molar-refractivity contribution in [3.8, 4) is 0 Å². The lowest BCUT2D eigenvalue weighted by Crippen LogP contribution is -2.26. The summed E-state index contributed by atoms with van der Waals surface area (Å²) < 4.78 is 0. The first kappa shape index (κ1) is 7.07. The molecule has 0 saturated heterocycles. The van der Waals surface area contributed by atoms with Crippen molar-refractivity contribution in [1.29, 1.82) is 0 Å². The molecule has 0 aromatic heterocycles. The molecule has 0 N–H and O–H groups in total. The molecule has 1 fully saturated rings. The van der Waals surface area contributed by atoms with Crippen LogP contribution >= 0.6 is 0 Å². The van der Waals surface area contributed by atoms with Gasteiger partial charge in [0, 0.05) is 6.04 Å². The molecule has 1 radical (unpaired) electrons. The van der Waals surface area contributed by atoms with E-state index in [1.165, 1.54) is 25.8 Å². The van der Waals surface area contributed by atoms with Gasteiger partial charge in [0.05, 0.1) is 0 Å². The molecular formula is C8H16N. The van der Waals surface area contributed by atoms with Crippen LogP contribution < -0.4 is 0 Å². The van der Waals surface area contributed by atoms with Gasteiger partial charge in [0.25, 0.3) is 0 Å². The second kappa shape index (κ2) is 3.21. The molecule has 0 unspecified atom stereocenters. The second-order valence-corrected chi connectivity index (χ2v) is 2.77. The molecule has 0 aliphatic heterocycles. The summed E-state index contributed by atoms with van der Waals surface area (Å²) in [7, 11) is 0. The topological polar surface area (TPSA) is 3.24 Å². The first-order valence-corrected chi connectivity index (χ1v) is 3.91. The maximum atomic E-state index is 3.89. The molecule has 0 bridgehead atoms. The molecule has 0 aromatic carbocycles. The summed E-state index contributed by atoms with van der Waals surface area (Å²) in [5, 5.41) is 0. The summed E-state index contributed by atoms with van der Waals surface area (Å²) in [5.41, 5.74) is 0. The van der Waals surface area contributed by atoms with Crippen LogP contribution in [-0.4, -0.2) is 24.0 Å². The third-order valence-corrected chi connectivity index (χ3v) is 1.86. The molecule has 1 rings (SSSR count). The number of hydrogen-bond acceptors (Lipinski definition) is 1. The quantitative estimate of drug-likeness (QED) is 0.554. The van der Waals surface area contributed by atoms with Gasteiger partial charge in [-0.05, 0) is 39.3 Å². The zero-order valence-corrected chi connectivity index (χ0v) is 6.27. The highest BCUT2D eigenvalue weighted by molar-refractivity contribution is 4.84. The molecule has 9 heavy (non-hydrogen) atoms. The molecule has 53 valence electrons. The van der Waals surface area contributed by atoms with E-state index in [1.54, 1.807) is 0 Å². The third-order valence-electron chi connectivity index (χ3n) is 1.86. The van der Waals surface area contributed by atoms with Crippen molar-refractivity contribution >= 4 is 0 Å². The lowest BCUT2D eigenvalue weighted by atomic mass is 10.4. The van der Waals surface area contributed by atoms with Crippen LogP contribution in [-0.2, 0) is 0 Å². The SMILES string of the molecule is [CH2]CN(CCC)C1CC1. The molecular weight excluding hydrogens is 110 g/mol. The van der Waals surface area contributed by atoms with Crippen molar-refractivity contribution < 1.29 is 0 Å². The van der Waals surface area contributed by atoms with Gasteiger partial charge >= 0.3 is 0 Å². The summed E-state index contributed by atoms with van der Waals surface area (Å²) in [6.07, 6.45) is 4.09. The van der Waals surface area contributed by atoms with Crippen molar-refractivity contribution in [1.82, 2.24) is 4.90 Å². The Morgan fingerprint density at radius 1 is 1.56 bits per heavy atom. The predicted molar refractivity (Wildman–Crippen MR) is 40.2 cm³/mol. The van der Waals surface area contributed by atoms with Crippen molar-refractivity contribution in [2.24, 2.45) is 0 Å². The molecule has 0 aromatic rings. The van der Waals surface area contributed by atoms with Gasteiger partial charge in [-0.25, -0.2) is 0 Å². The van der Waals surface area contributed by atoms with Crippen LogP contribution in [0.15, 0.2) is 0 Å². The van der Waals surface area contributed by atoms with Gasteiger partial charge < -0.3 is 4.90 Å². The minimum absolute atomic E-state index is 0.905. The molecule has 1 aliphatic carbocycles. The van der Waals surface area contributed by atoms with Crippen LogP contribution in [0.5, 0.6) is 0 Å². The maximum absolute atomic E-state index is 3.89. The molecule has 1 nitrogen and oxygen atoms in total. The molecule has 1 saturated carbocycles. The smallest absolute Gasteiger partial charge is 0.00964 e. The zero-order chi connectivity index (χ0) is 6.69. The minimum atomic E-state index is 0.905. The van der Waals surface area contributed by atoms with E-state index >= 15 is 0 Å². The lowest BCUT2D eigenvalue weighted by molar-refractivity contribution is 0.291. The Morgan fingerprint density at radius 3 is 2.56 bits per heavy atom. The van der Waals surface area contributed by atoms with E-state index < -0.39 is 0 Å². The van der Waals surface area contributed by atoms with E-state index in [2.05, 4.69) is 18.7 Å². The average Bonchev–Trinajstić information content (AvgIpc) is 2.64. The third kappa shape index (κ3) is 1.98. The van der Waals surface area contributed by atoms with E-state index in [0.717, 1.165) is 12.6 Å². The zero-order valence-electron chi connectivity index (χ0n) is 6.27. The number of nitrogens with zero attached hydrogens (tertiary/aromatic N) is 1. The molecule has 0 amide bonds. The van der Waals surface area contributed by atoms with Crippen LogP contribution in [0.4, 0.5) is 0 Å². The summed E-state index contributed by atoms with van der Waals surface area (Å²) in [5.74, 6) is 0. The maximum Gasteiger partial charge on any atom is 0.00964 e. The largest absolute Gasteiger partial charge is 0.300 e. The van der Waals surface area contributed by atoms with Gasteiger partial charge in [-0.3, -0.25) is 0 Å². The Morgan fingerprint density at radius 2 is 2.22 bits per heavy atom. The van der Waals surface area contributed by atoms with Crippen LogP contribution in [0.1, 0.15) is 26.2 Å². The normalized spacial score (nSPS) is 19.0. The molecule has 1 aliphatic rings. The minimum Gasteiger partial charge on any atom is -0.300 e. The second-order valence-electron chi connectivity index (χ2n) is 2.77. The van der Waals surface area contributed by atoms with Gasteiger partial charge in [0.15, 0.2) is 0 Å². The van der Waals surface area contributed by atoms with Crippen LogP contribution in [0.2, 0.25) is 0 Å². The van der Waals surface area contributed by atoms with E-state index in [9.17, 15) is 0 Å². The van der Waals surface area contributed by atoms with E-state index in [1.807, 2.05) is 0 Å². The lowest BCUT2D eigenvalue weighted by Gasteiger charge is -2.17. The van der Waals surface area contributed by atoms with Crippen LogP contribution in [0, 0.1) is 6.92 Å². The average molecular weight is 126 g/mol. The van der Waals surface area contributed by atoms with Gasteiger partial charge in [-0.1, -0.05) is 6.92 Å². The fourth-order valence-corrected chi connectivity index (χ4v) is 1.20. The Bertz CT molecular complexity index is 76.6. The van der Waals surface area contributed by atoms with Crippen molar-refractivity contribution in [3.63, 3.8) is 0 Å². The molecule has 0 heterocycles. The van der Waals surface area contributed by atoms with E-state index in [-0.39, 0.29) is 0 Å². The summed E-state index contributed by atoms with van der Waals surface area (Å²) in [6.45, 7) is 8.36. The van der Waals surface area contributed by atoms with Crippen LogP contribution in [0.25, 0.3) is 0 Å². The Hall–Kier alpha value is -0.0400. The number of rotatable bonds is 4. The summed E-state index contributed by atoms with van der Waals surface area (Å²) in [4.78, 5) is 2.47. The highest BCUT2D eigenvalue weighted by Crippen LogP contribution is 2.26. The van der Waals surface area contributed by atoms with Gasteiger partial charge in [-0.2, -0.15) is 0 Å². The predicted octanol–water partition coefficient (Wildman–Crippen LogP) is 1.69. The van der Waals surface area contributed by atoms with Gasteiger partial charge in [0.2, 0.25) is 0 Å². The fourth-order valence-electron chi connectivity index (χ4n) is 1.20. The molecule has 0 atom stereocenters. The van der Waals surface area contributed by atoms with Gasteiger partial charge in [-0.15, -0.1) is 0 Å². The van der Waals surface area contributed by atoms with Crippen molar-refractivity contribution in [2.45, 2.75) is 32.2 Å². The van der Waals surface area contributed by atoms with Crippen molar-refractivity contribution in [2.75, 3.05) is 13.1 Å². The standard InChI is InChI=1S/C8H16N/c1-3-7-9(4-2)8-5-6-8/h8H,2-7H2,1H3. The van der Waals surface area contributed by atoms with Crippen molar-refractivity contribution in [3.05, 3.63) is 6.92 Å². The first-order chi connectivity index (χ1) is 4.38. The Labute approximate surface area is 58.0 Å². The Balaban J connectivity index is 2.12. The van der Waals surface area contributed by atoms with E-state index in [4.69, 9.17) is 0 Å². The highest BCUT2D eigenvalue weighted by atomic mass is 15.2. The molecule has 0 spiro atoms. The van der Waals surface area contributed by atoms with E-state index in [0.29, 0.717) is 0 Å². The monoisotopic (exact) mass is 126 g/mol. The Kier molecular flexibility index (Phi) is 2.52. The first-order valence-electron chi connectivity index (χ1n) is 3.91. The fraction of sp³-hybridized carbons (Fsp3) is 0.875. The van der Waals surface area contributed by atoms with Crippen LogP contribution in [0.3, 0.4) is 0 Å².